The van der Waals surface area contributed by atoms with E-state index in [0.717, 1.165) is 12.4 Å². The Bertz CT molecular complexity index is 741. The molecular formula is C16H18N6O3. The first kappa shape index (κ1) is 15.7. The van der Waals surface area contributed by atoms with Gasteiger partial charge in [-0.05, 0) is 0 Å². The SMILES string of the molecule is COc1cnc(C(=O)N2C[C@@H]3OCCN(c4cnccn4)[C@H]3C2)cn1. The fourth-order valence-corrected chi connectivity index (χ4v) is 3.27. The number of likely N-dealkylation sites (tertiary alicyclic amines) is 1. The smallest absolute Gasteiger partial charge is 0.274 e. The van der Waals surface area contributed by atoms with Gasteiger partial charge in [-0.2, -0.15) is 0 Å². The molecular weight excluding hydrogens is 324 g/mol. The summed E-state index contributed by atoms with van der Waals surface area (Å²) in [5.74, 6) is 1.02. The summed E-state index contributed by atoms with van der Waals surface area (Å²) < 4.78 is 10.8. The Balaban J connectivity index is 1.51. The molecule has 0 aromatic carbocycles. The van der Waals surface area contributed by atoms with Gasteiger partial charge in [0.1, 0.15) is 11.5 Å². The molecule has 2 fully saturated rings. The lowest BCUT2D eigenvalue weighted by atomic mass is 10.1. The normalized spacial score (nSPS) is 22.6. The number of hydrogen-bond acceptors (Lipinski definition) is 8. The third-order valence-electron chi connectivity index (χ3n) is 4.49. The van der Waals surface area contributed by atoms with E-state index in [9.17, 15) is 4.79 Å². The number of morpholine rings is 1. The van der Waals surface area contributed by atoms with Crippen molar-refractivity contribution in [1.82, 2.24) is 24.8 Å². The highest BCUT2D eigenvalue weighted by Crippen LogP contribution is 2.27. The summed E-state index contributed by atoms with van der Waals surface area (Å²) >= 11 is 0. The van der Waals surface area contributed by atoms with Gasteiger partial charge in [-0.15, -0.1) is 0 Å². The van der Waals surface area contributed by atoms with Gasteiger partial charge >= 0.3 is 0 Å². The third kappa shape index (κ3) is 2.98. The molecule has 130 valence electrons. The van der Waals surface area contributed by atoms with Crippen LogP contribution < -0.4 is 9.64 Å². The predicted octanol–water partition coefficient (Wildman–Crippen LogP) is 0.00500. The molecule has 4 rings (SSSR count). The van der Waals surface area contributed by atoms with E-state index in [-0.39, 0.29) is 18.1 Å². The lowest BCUT2D eigenvalue weighted by Gasteiger charge is -2.37. The quantitative estimate of drug-likeness (QED) is 0.770. The Morgan fingerprint density at radius 1 is 1.20 bits per heavy atom. The van der Waals surface area contributed by atoms with Crippen molar-refractivity contribution in [2.45, 2.75) is 12.1 Å². The molecule has 4 heterocycles. The number of amides is 1. The monoisotopic (exact) mass is 342 g/mol. The van der Waals surface area contributed by atoms with E-state index in [1.807, 2.05) is 0 Å². The van der Waals surface area contributed by atoms with Crippen LogP contribution in [0.2, 0.25) is 0 Å². The van der Waals surface area contributed by atoms with Crippen LogP contribution in [0, 0.1) is 0 Å². The van der Waals surface area contributed by atoms with E-state index in [4.69, 9.17) is 9.47 Å². The van der Waals surface area contributed by atoms with E-state index in [2.05, 4.69) is 24.8 Å². The average molecular weight is 342 g/mol. The molecule has 0 N–H and O–H groups in total. The molecule has 0 spiro atoms. The second kappa shape index (κ2) is 6.60. The summed E-state index contributed by atoms with van der Waals surface area (Å²) in [7, 11) is 1.51. The lowest BCUT2D eigenvalue weighted by molar-refractivity contribution is 0.0298. The average Bonchev–Trinajstić information content (AvgIpc) is 3.12. The Kier molecular flexibility index (Phi) is 4.14. The highest BCUT2D eigenvalue weighted by Gasteiger charge is 2.42. The molecule has 2 aromatic heterocycles. The molecule has 9 heteroatoms. The largest absolute Gasteiger partial charge is 0.480 e. The van der Waals surface area contributed by atoms with Crippen LogP contribution >= 0.6 is 0 Å². The van der Waals surface area contributed by atoms with Crippen LogP contribution in [0.1, 0.15) is 10.5 Å². The van der Waals surface area contributed by atoms with Gasteiger partial charge in [0.2, 0.25) is 5.88 Å². The van der Waals surface area contributed by atoms with Crippen molar-refractivity contribution in [2.75, 3.05) is 38.3 Å². The summed E-state index contributed by atoms with van der Waals surface area (Å²) in [5.41, 5.74) is 0.297. The van der Waals surface area contributed by atoms with Gasteiger partial charge in [0, 0.05) is 32.0 Å². The molecule has 2 saturated heterocycles. The summed E-state index contributed by atoms with van der Waals surface area (Å²) in [5, 5.41) is 0. The van der Waals surface area contributed by atoms with Crippen LogP contribution in [0.3, 0.4) is 0 Å². The molecule has 0 bridgehead atoms. The molecule has 0 aliphatic carbocycles. The first-order valence-electron chi connectivity index (χ1n) is 8.06. The molecule has 2 aliphatic rings. The molecule has 25 heavy (non-hydrogen) atoms. The van der Waals surface area contributed by atoms with Crippen molar-refractivity contribution in [3.8, 4) is 5.88 Å². The third-order valence-corrected chi connectivity index (χ3v) is 4.49. The van der Waals surface area contributed by atoms with Crippen LogP contribution in [-0.4, -0.2) is 76.2 Å². The van der Waals surface area contributed by atoms with E-state index < -0.39 is 0 Å². The number of ether oxygens (including phenoxy) is 2. The van der Waals surface area contributed by atoms with E-state index >= 15 is 0 Å². The molecule has 1 amide bonds. The summed E-state index contributed by atoms with van der Waals surface area (Å²) in [4.78, 5) is 33.3. The number of methoxy groups -OCH3 is 1. The van der Waals surface area contributed by atoms with Crippen molar-refractivity contribution in [1.29, 1.82) is 0 Å². The molecule has 2 atom stereocenters. The first-order valence-corrected chi connectivity index (χ1v) is 8.06. The van der Waals surface area contributed by atoms with Crippen molar-refractivity contribution in [3.63, 3.8) is 0 Å². The van der Waals surface area contributed by atoms with Gasteiger partial charge in [0.05, 0.1) is 44.5 Å². The zero-order valence-corrected chi connectivity index (χ0v) is 13.8. The minimum Gasteiger partial charge on any atom is -0.480 e. The minimum atomic E-state index is -0.160. The summed E-state index contributed by atoms with van der Waals surface area (Å²) in [6.07, 6.45) is 7.88. The Hall–Kier alpha value is -2.81. The number of carbonyl (C=O) groups is 1. The minimum absolute atomic E-state index is 0.0501. The Morgan fingerprint density at radius 2 is 2.12 bits per heavy atom. The molecule has 9 nitrogen and oxygen atoms in total. The molecule has 2 aromatic rings. The van der Waals surface area contributed by atoms with Crippen molar-refractivity contribution in [2.24, 2.45) is 0 Å². The van der Waals surface area contributed by atoms with Crippen molar-refractivity contribution < 1.29 is 14.3 Å². The standard InChI is InChI=1S/C16H18N6O3/c1-24-15-8-19-11(6-20-15)16(23)21-9-12-13(10-21)25-5-4-22(12)14-7-17-2-3-18-14/h2-3,6-8,12-13H,4-5,9-10H2,1H3/t12-,13-/m0/s1. The first-order chi connectivity index (χ1) is 12.3. The predicted molar refractivity (Wildman–Crippen MR) is 87.4 cm³/mol. The number of carbonyl (C=O) groups excluding carboxylic acids is 1. The topological polar surface area (TPSA) is 93.6 Å². The summed E-state index contributed by atoms with van der Waals surface area (Å²) in [6.45, 7) is 2.40. The van der Waals surface area contributed by atoms with Crippen LogP contribution in [0.4, 0.5) is 5.82 Å². The van der Waals surface area contributed by atoms with Crippen LogP contribution in [-0.2, 0) is 4.74 Å². The van der Waals surface area contributed by atoms with Crippen LogP contribution in [0.5, 0.6) is 5.88 Å². The fraction of sp³-hybridized carbons (Fsp3) is 0.438. The molecule has 2 aliphatic heterocycles. The van der Waals surface area contributed by atoms with Gasteiger partial charge < -0.3 is 19.3 Å². The number of rotatable bonds is 3. The van der Waals surface area contributed by atoms with Gasteiger partial charge in [0.15, 0.2) is 0 Å². The zero-order chi connectivity index (χ0) is 17.2. The Labute approximate surface area is 144 Å². The number of aromatic nitrogens is 4. The fourth-order valence-electron chi connectivity index (χ4n) is 3.27. The van der Waals surface area contributed by atoms with Gasteiger partial charge in [-0.1, -0.05) is 0 Å². The maximum Gasteiger partial charge on any atom is 0.274 e. The maximum atomic E-state index is 12.7. The number of anilines is 1. The van der Waals surface area contributed by atoms with Crippen LogP contribution in [0.25, 0.3) is 0 Å². The number of nitrogens with zero attached hydrogens (tertiary/aromatic N) is 6. The highest BCUT2D eigenvalue weighted by molar-refractivity contribution is 5.92. The second-order valence-corrected chi connectivity index (χ2v) is 5.89. The maximum absolute atomic E-state index is 12.7. The zero-order valence-electron chi connectivity index (χ0n) is 13.8. The molecule has 0 unspecified atom stereocenters. The van der Waals surface area contributed by atoms with Gasteiger partial charge in [-0.25, -0.2) is 15.0 Å². The second-order valence-electron chi connectivity index (χ2n) is 5.89. The van der Waals surface area contributed by atoms with E-state index in [1.165, 1.54) is 19.5 Å². The van der Waals surface area contributed by atoms with Gasteiger partial charge in [-0.3, -0.25) is 9.78 Å². The summed E-state index contributed by atoms with van der Waals surface area (Å²) in [6, 6.07) is 0.0561. The lowest BCUT2D eigenvalue weighted by Crippen LogP contribution is -2.51. The number of hydrogen-bond donors (Lipinski definition) is 0. The van der Waals surface area contributed by atoms with E-state index in [1.54, 1.807) is 23.5 Å². The van der Waals surface area contributed by atoms with Crippen molar-refractivity contribution in [3.05, 3.63) is 36.7 Å². The van der Waals surface area contributed by atoms with E-state index in [0.29, 0.717) is 31.3 Å². The van der Waals surface area contributed by atoms with Crippen LogP contribution in [0.15, 0.2) is 31.0 Å². The van der Waals surface area contributed by atoms with Gasteiger partial charge in [0.25, 0.3) is 5.91 Å². The molecule has 0 saturated carbocycles. The Morgan fingerprint density at radius 3 is 2.84 bits per heavy atom. The highest BCUT2D eigenvalue weighted by atomic mass is 16.5. The van der Waals surface area contributed by atoms with Crippen molar-refractivity contribution >= 4 is 11.7 Å². The number of fused-ring (bicyclic) bond motifs is 1. The molecule has 0 radical (unpaired) electrons.